The fraction of sp³-hybridized carbons (Fsp3) is 0.560. The zero-order chi connectivity index (χ0) is 26.6. The van der Waals surface area contributed by atoms with Gasteiger partial charge in [-0.1, -0.05) is 0 Å². The molecule has 0 amide bonds. The first kappa shape index (κ1) is 27.1. The molecule has 1 aromatic carbocycles. The molecule has 0 N–H and O–H groups in total. The number of methoxy groups -OCH3 is 1. The van der Waals surface area contributed by atoms with Crippen LogP contribution in [-0.2, 0) is 38.1 Å². The molecule has 0 spiro atoms. The molecule has 2 aliphatic heterocycles. The van der Waals surface area contributed by atoms with E-state index < -0.39 is 60.2 Å². The Hall–Kier alpha value is -3.47. The van der Waals surface area contributed by atoms with Crippen molar-refractivity contribution in [1.29, 1.82) is 0 Å². The van der Waals surface area contributed by atoms with Gasteiger partial charge in [-0.05, 0) is 25.8 Å². The van der Waals surface area contributed by atoms with Crippen LogP contribution in [0.15, 0.2) is 12.1 Å². The van der Waals surface area contributed by atoms with Crippen molar-refractivity contribution >= 4 is 29.7 Å². The highest BCUT2D eigenvalue weighted by Crippen LogP contribution is 2.47. The standard InChI is InChI=1S/C25H30O11/c1-12-7-6-8-18(29)24(35-15(4)28)21(34-14(3)27)11-20-23(36-20)17-9-16(31-5)10-19(33-13(2)26)22(17)25(30)32-12/h9-10,12,20-21,23-24H,6-8,11H2,1-5H3/t12-,20-,21+,23+,24+/m0/s1. The highest BCUT2D eigenvalue weighted by Gasteiger charge is 2.48. The highest BCUT2D eigenvalue weighted by molar-refractivity contribution is 5.96. The van der Waals surface area contributed by atoms with Gasteiger partial charge in [-0.2, -0.15) is 0 Å². The minimum absolute atomic E-state index is 0.0128. The summed E-state index contributed by atoms with van der Waals surface area (Å²) in [6.45, 7) is 5.23. The molecule has 0 aliphatic carbocycles. The Kier molecular flexibility index (Phi) is 8.67. The van der Waals surface area contributed by atoms with Crippen LogP contribution in [-0.4, -0.2) is 61.2 Å². The Bertz CT molecular complexity index is 1050. The maximum atomic E-state index is 13.2. The van der Waals surface area contributed by atoms with Crippen LogP contribution in [0.4, 0.5) is 0 Å². The molecule has 2 heterocycles. The number of epoxide rings is 1. The Morgan fingerprint density at radius 1 is 1.00 bits per heavy atom. The van der Waals surface area contributed by atoms with Gasteiger partial charge < -0.3 is 28.4 Å². The van der Waals surface area contributed by atoms with Crippen molar-refractivity contribution in [1.82, 2.24) is 0 Å². The van der Waals surface area contributed by atoms with Crippen molar-refractivity contribution < 1.29 is 52.4 Å². The summed E-state index contributed by atoms with van der Waals surface area (Å²) in [5.74, 6) is -2.85. The minimum Gasteiger partial charge on any atom is -0.497 e. The van der Waals surface area contributed by atoms with Crippen LogP contribution in [0.1, 0.15) is 75.4 Å². The third kappa shape index (κ3) is 6.81. The minimum atomic E-state index is -1.31. The van der Waals surface area contributed by atoms with E-state index >= 15 is 0 Å². The number of rotatable bonds is 4. The monoisotopic (exact) mass is 506 g/mol. The largest absolute Gasteiger partial charge is 0.497 e. The smallest absolute Gasteiger partial charge is 0.342 e. The Labute approximate surface area is 208 Å². The number of carbonyl (C=O) groups is 5. The van der Waals surface area contributed by atoms with E-state index in [-0.39, 0.29) is 24.2 Å². The number of hydrogen-bond acceptors (Lipinski definition) is 11. The number of carbonyl (C=O) groups excluding carboxylic acids is 5. The van der Waals surface area contributed by atoms with Crippen molar-refractivity contribution in [2.24, 2.45) is 0 Å². The van der Waals surface area contributed by atoms with Gasteiger partial charge in [0, 0.05) is 45.2 Å². The second-order valence-corrected chi connectivity index (χ2v) is 8.77. The predicted molar refractivity (Wildman–Crippen MR) is 121 cm³/mol. The van der Waals surface area contributed by atoms with Gasteiger partial charge in [0.05, 0.1) is 19.3 Å². The summed E-state index contributed by atoms with van der Waals surface area (Å²) in [6, 6.07) is 2.98. The van der Waals surface area contributed by atoms with Crippen LogP contribution < -0.4 is 9.47 Å². The quantitative estimate of drug-likeness (QED) is 0.257. The lowest BCUT2D eigenvalue weighted by Gasteiger charge is -2.25. The van der Waals surface area contributed by atoms with Gasteiger partial charge in [0.2, 0.25) is 0 Å². The van der Waals surface area contributed by atoms with E-state index in [0.29, 0.717) is 24.2 Å². The molecule has 36 heavy (non-hydrogen) atoms. The number of fused-ring (bicyclic) bond motifs is 3. The van der Waals surface area contributed by atoms with Crippen molar-refractivity contribution in [2.45, 2.75) is 83.9 Å². The topological polar surface area (TPSA) is 144 Å². The van der Waals surface area contributed by atoms with Crippen molar-refractivity contribution in [3.63, 3.8) is 0 Å². The number of benzene rings is 1. The summed E-state index contributed by atoms with van der Waals surface area (Å²) in [5.41, 5.74) is 0.362. The third-order valence-electron chi connectivity index (χ3n) is 5.76. The Morgan fingerprint density at radius 2 is 1.69 bits per heavy atom. The zero-order valence-electron chi connectivity index (χ0n) is 20.9. The number of ketones is 1. The lowest BCUT2D eigenvalue weighted by atomic mass is 9.95. The maximum Gasteiger partial charge on any atom is 0.342 e. The van der Waals surface area contributed by atoms with Crippen LogP contribution in [0.5, 0.6) is 11.5 Å². The number of hydrogen-bond donors (Lipinski definition) is 0. The van der Waals surface area contributed by atoms with Crippen molar-refractivity contribution in [3.8, 4) is 11.5 Å². The number of cyclic esters (lactones) is 1. The summed E-state index contributed by atoms with van der Waals surface area (Å²) in [6.07, 6.45) is -3.60. The molecule has 0 saturated carbocycles. The second-order valence-electron chi connectivity index (χ2n) is 8.77. The molecule has 5 atom stereocenters. The molecule has 0 unspecified atom stereocenters. The van der Waals surface area contributed by atoms with Gasteiger partial charge in [0.25, 0.3) is 0 Å². The summed E-state index contributed by atoms with van der Waals surface area (Å²) < 4.78 is 32.7. The van der Waals surface area contributed by atoms with E-state index in [2.05, 4.69) is 0 Å². The maximum absolute atomic E-state index is 13.2. The van der Waals surface area contributed by atoms with Gasteiger partial charge in [-0.25, -0.2) is 4.79 Å². The first-order valence-corrected chi connectivity index (χ1v) is 11.6. The van der Waals surface area contributed by atoms with Gasteiger partial charge >= 0.3 is 23.9 Å². The summed E-state index contributed by atoms with van der Waals surface area (Å²) in [5, 5.41) is 0. The van der Waals surface area contributed by atoms with Crippen LogP contribution in [0, 0.1) is 0 Å². The second kappa shape index (κ2) is 11.5. The summed E-state index contributed by atoms with van der Waals surface area (Å²) in [4.78, 5) is 61.5. The normalized spacial score (nSPS) is 26.3. The molecule has 11 heteroatoms. The number of esters is 4. The zero-order valence-corrected chi connectivity index (χ0v) is 20.9. The molecular weight excluding hydrogens is 476 g/mol. The predicted octanol–water partition coefficient (Wildman–Crippen LogP) is 2.61. The molecule has 11 nitrogen and oxygen atoms in total. The molecular formula is C25H30O11. The SMILES string of the molecule is COc1cc(OC(C)=O)c2c(c1)[C@H]1O[C@H]1C[C@@H](OC(C)=O)[C@H](OC(C)=O)C(=O)CCC[C@H](C)OC2=O. The van der Waals surface area contributed by atoms with Crippen LogP contribution in [0.25, 0.3) is 0 Å². The summed E-state index contributed by atoms with van der Waals surface area (Å²) in [7, 11) is 1.42. The lowest BCUT2D eigenvalue weighted by molar-refractivity contribution is -0.170. The van der Waals surface area contributed by atoms with E-state index in [0.717, 1.165) is 0 Å². The highest BCUT2D eigenvalue weighted by atomic mass is 16.6. The van der Waals surface area contributed by atoms with Gasteiger partial charge in [-0.15, -0.1) is 0 Å². The molecule has 1 saturated heterocycles. The molecule has 196 valence electrons. The Morgan fingerprint density at radius 3 is 2.31 bits per heavy atom. The van der Waals surface area contributed by atoms with E-state index in [1.54, 1.807) is 13.0 Å². The molecule has 1 aromatic rings. The molecule has 0 radical (unpaired) electrons. The van der Waals surface area contributed by atoms with E-state index in [1.165, 1.54) is 33.9 Å². The Balaban J connectivity index is 2.06. The van der Waals surface area contributed by atoms with Crippen molar-refractivity contribution in [3.05, 3.63) is 23.3 Å². The molecule has 1 fully saturated rings. The first-order valence-electron chi connectivity index (χ1n) is 11.6. The van der Waals surface area contributed by atoms with Crippen LogP contribution >= 0.6 is 0 Å². The van der Waals surface area contributed by atoms with Crippen LogP contribution in [0.3, 0.4) is 0 Å². The van der Waals surface area contributed by atoms with Crippen LogP contribution in [0.2, 0.25) is 0 Å². The number of Topliss-reactive ketones (excluding diaryl/α,β-unsaturated/α-hetero) is 1. The average molecular weight is 507 g/mol. The molecule has 3 rings (SSSR count). The van der Waals surface area contributed by atoms with E-state index in [9.17, 15) is 24.0 Å². The van der Waals surface area contributed by atoms with Gasteiger partial charge in [-0.3, -0.25) is 19.2 Å². The fourth-order valence-electron chi connectivity index (χ4n) is 4.21. The van der Waals surface area contributed by atoms with E-state index in [4.69, 9.17) is 28.4 Å². The fourth-order valence-corrected chi connectivity index (χ4v) is 4.21. The lowest BCUT2D eigenvalue weighted by Crippen LogP contribution is -2.41. The van der Waals surface area contributed by atoms with E-state index in [1.807, 2.05) is 0 Å². The average Bonchev–Trinajstić information content (AvgIpc) is 3.53. The van der Waals surface area contributed by atoms with Gasteiger partial charge in [0.1, 0.15) is 29.3 Å². The molecule has 2 aliphatic rings. The van der Waals surface area contributed by atoms with Gasteiger partial charge in [0.15, 0.2) is 11.9 Å². The summed E-state index contributed by atoms with van der Waals surface area (Å²) >= 11 is 0. The molecule has 0 aromatic heterocycles. The first-order chi connectivity index (χ1) is 17.0. The molecule has 0 bridgehead atoms. The third-order valence-corrected chi connectivity index (χ3v) is 5.76. The number of ether oxygens (including phenoxy) is 6. The van der Waals surface area contributed by atoms with Crippen molar-refractivity contribution in [2.75, 3.05) is 7.11 Å².